The number of hydrogen-bond donors (Lipinski definition) is 2. The lowest BCUT2D eigenvalue weighted by molar-refractivity contribution is 1.08. The molecule has 0 aliphatic rings. The molecule has 32 heavy (non-hydrogen) atoms. The molecule has 4 aromatic rings. The molecule has 0 fully saturated rings. The van der Waals surface area contributed by atoms with Gasteiger partial charge in [0.15, 0.2) is 0 Å². The lowest BCUT2D eigenvalue weighted by atomic mass is 10.0. The molecule has 0 bridgehead atoms. The van der Waals surface area contributed by atoms with Crippen molar-refractivity contribution in [2.75, 3.05) is 5.43 Å². The first-order chi connectivity index (χ1) is 15.5. The summed E-state index contributed by atoms with van der Waals surface area (Å²) in [4.78, 5) is 19.2. The third kappa shape index (κ3) is 4.86. The topological polar surface area (TPSA) is 93.9 Å². The van der Waals surface area contributed by atoms with E-state index in [1.165, 1.54) is 0 Å². The summed E-state index contributed by atoms with van der Waals surface area (Å²) in [5, 5.41) is 14.6. The van der Waals surface area contributed by atoms with Gasteiger partial charge in [-0.3, -0.25) is 9.78 Å². The first-order valence-corrected chi connectivity index (χ1v) is 10.2. The Bertz CT molecular complexity index is 1370. The smallest absolute Gasteiger partial charge is 0.270 e. The maximum atomic E-state index is 12.3. The highest BCUT2D eigenvalue weighted by Gasteiger charge is 2.12. The van der Waals surface area contributed by atoms with E-state index in [1.54, 1.807) is 24.4 Å². The van der Waals surface area contributed by atoms with Gasteiger partial charge in [0, 0.05) is 15.6 Å². The highest BCUT2D eigenvalue weighted by atomic mass is 35.5. The third-order valence-corrected chi connectivity index (χ3v) is 5.01. The molecule has 0 amide bonds. The number of nitriles is 1. The molecule has 2 N–H and O–H groups in total. The summed E-state index contributed by atoms with van der Waals surface area (Å²) in [6.07, 6.45) is 1.59. The number of rotatable bonds is 5. The van der Waals surface area contributed by atoms with Crippen molar-refractivity contribution in [3.8, 4) is 28.5 Å². The zero-order chi connectivity index (χ0) is 22.5. The Morgan fingerprint density at radius 1 is 0.938 bits per heavy atom. The number of hydrazone groups is 1. The fourth-order valence-electron chi connectivity index (χ4n) is 3.08. The molecule has 3 aromatic carbocycles. The number of aromatic nitrogens is 2. The van der Waals surface area contributed by atoms with Crippen molar-refractivity contribution < 1.29 is 0 Å². The molecule has 0 saturated carbocycles. The molecule has 0 saturated heterocycles. The maximum Gasteiger partial charge on any atom is 0.270 e. The van der Waals surface area contributed by atoms with Crippen molar-refractivity contribution in [3.05, 3.63) is 104 Å². The Labute approximate surface area is 193 Å². The first-order valence-electron chi connectivity index (χ1n) is 9.49. The molecule has 156 valence electrons. The van der Waals surface area contributed by atoms with Crippen LogP contribution >= 0.6 is 23.2 Å². The third-order valence-electron chi connectivity index (χ3n) is 4.57. The zero-order valence-corrected chi connectivity index (χ0v) is 18.0. The van der Waals surface area contributed by atoms with Gasteiger partial charge in [0.1, 0.15) is 11.6 Å². The Balaban J connectivity index is 1.54. The van der Waals surface area contributed by atoms with Crippen LogP contribution in [0, 0.1) is 11.3 Å². The number of anilines is 1. The summed E-state index contributed by atoms with van der Waals surface area (Å²) in [6, 6.07) is 23.9. The van der Waals surface area contributed by atoms with E-state index < -0.39 is 5.56 Å². The van der Waals surface area contributed by atoms with E-state index >= 15 is 0 Å². The summed E-state index contributed by atoms with van der Waals surface area (Å²) in [5.41, 5.74) is 5.78. The molecule has 0 atom stereocenters. The van der Waals surface area contributed by atoms with Gasteiger partial charge in [-0.1, -0.05) is 77.8 Å². The van der Waals surface area contributed by atoms with E-state index in [-0.39, 0.29) is 11.5 Å². The highest BCUT2D eigenvalue weighted by molar-refractivity contribution is 6.35. The number of benzene rings is 3. The van der Waals surface area contributed by atoms with E-state index in [4.69, 9.17) is 23.2 Å². The van der Waals surface area contributed by atoms with Crippen LogP contribution in [-0.4, -0.2) is 16.2 Å². The number of nitrogens with one attached hydrogen (secondary N) is 2. The van der Waals surface area contributed by atoms with Crippen molar-refractivity contribution in [1.29, 1.82) is 5.26 Å². The number of halogens is 2. The van der Waals surface area contributed by atoms with Crippen molar-refractivity contribution in [3.63, 3.8) is 0 Å². The molecule has 4 rings (SSSR count). The second kappa shape index (κ2) is 9.48. The molecule has 0 radical (unpaired) electrons. The molecule has 1 aromatic heterocycles. The second-order valence-electron chi connectivity index (χ2n) is 6.77. The molecular formula is C24H15Cl2N5O. The van der Waals surface area contributed by atoms with Gasteiger partial charge in [0.05, 0.1) is 11.9 Å². The van der Waals surface area contributed by atoms with E-state index in [0.717, 1.165) is 16.7 Å². The van der Waals surface area contributed by atoms with Gasteiger partial charge in [0.25, 0.3) is 5.56 Å². The minimum atomic E-state index is -0.538. The Morgan fingerprint density at radius 2 is 1.62 bits per heavy atom. The average molecular weight is 460 g/mol. The molecule has 0 aliphatic heterocycles. The predicted octanol–water partition coefficient (Wildman–Crippen LogP) is 5.73. The maximum absolute atomic E-state index is 12.3. The molecule has 0 spiro atoms. The van der Waals surface area contributed by atoms with Gasteiger partial charge in [0.2, 0.25) is 5.95 Å². The highest BCUT2D eigenvalue weighted by Crippen LogP contribution is 2.27. The van der Waals surface area contributed by atoms with Crippen LogP contribution in [0.2, 0.25) is 10.0 Å². The molecule has 0 aliphatic carbocycles. The van der Waals surface area contributed by atoms with Gasteiger partial charge in [-0.15, -0.1) is 0 Å². The lowest BCUT2D eigenvalue weighted by Gasteiger charge is -2.06. The van der Waals surface area contributed by atoms with Crippen molar-refractivity contribution in [2.45, 2.75) is 0 Å². The molecule has 1 heterocycles. The Kier molecular flexibility index (Phi) is 6.31. The van der Waals surface area contributed by atoms with Crippen LogP contribution in [0.3, 0.4) is 0 Å². The lowest BCUT2D eigenvalue weighted by Crippen LogP contribution is -2.16. The van der Waals surface area contributed by atoms with Crippen molar-refractivity contribution in [2.24, 2.45) is 5.10 Å². The van der Waals surface area contributed by atoms with E-state index in [1.807, 2.05) is 60.7 Å². The van der Waals surface area contributed by atoms with Crippen LogP contribution in [-0.2, 0) is 0 Å². The summed E-state index contributed by atoms with van der Waals surface area (Å²) in [7, 11) is 0. The Hall–Kier alpha value is -3.92. The minimum Gasteiger partial charge on any atom is -0.290 e. The summed E-state index contributed by atoms with van der Waals surface area (Å²) >= 11 is 12.2. The van der Waals surface area contributed by atoms with Gasteiger partial charge in [-0.25, -0.2) is 10.4 Å². The number of hydrogen-bond acceptors (Lipinski definition) is 5. The van der Waals surface area contributed by atoms with Crippen molar-refractivity contribution in [1.82, 2.24) is 9.97 Å². The van der Waals surface area contributed by atoms with Crippen LogP contribution < -0.4 is 11.0 Å². The summed E-state index contributed by atoms with van der Waals surface area (Å²) < 4.78 is 0. The SMILES string of the molecule is N#Cc1c(-c2ccccc2)nc(NN=Cc2ccc(-c3cc(Cl)cc(Cl)c3)cc2)[nH]c1=O. The monoisotopic (exact) mass is 459 g/mol. The first kappa shape index (κ1) is 21.3. The van der Waals surface area contributed by atoms with E-state index in [2.05, 4.69) is 20.5 Å². The van der Waals surface area contributed by atoms with Crippen LogP contribution in [0.25, 0.3) is 22.4 Å². The number of aromatic amines is 1. The van der Waals surface area contributed by atoms with Crippen LogP contribution in [0.15, 0.2) is 82.7 Å². The van der Waals surface area contributed by atoms with Gasteiger partial charge < -0.3 is 0 Å². The molecule has 0 unspecified atom stereocenters. The average Bonchev–Trinajstić information content (AvgIpc) is 2.79. The van der Waals surface area contributed by atoms with Crippen molar-refractivity contribution >= 4 is 35.4 Å². The zero-order valence-electron chi connectivity index (χ0n) is 16.5. The molecule has 6 nitrogen and oxygen atoms in total. The van der Waals surface area contributed by atoms with E-state index in [0.29, 0.717) is 21.3 Å². The Morgan fingerprint density at radius 3 is 2.28 bits per heavy atom. The summed E-state index contributed by atoms with van der Waals surface area (Å²) in [5.74, 6) is 0.134. The number of nitrogens with zero attached hydrogens (tertiary/aromatic N) is 3. The molecule has 8 heteroatoms. The predicted molar refractivity (Wildman–Crippen MR) is 128 cm³/mol. The number of H-pyrrole nitrogens is 1. The fourth-order valence-corrected chi connectivity index (χ4v) is 3.61. The quantitative estimate of drug-likeness (QED) is 0.294. The van der Waals surface area contributed by atoms with Crippen LogP contribution in [0.5, 0.6) is 0 Å². The van der Waals surface area contributed by atoms with Crippen LogP contribution in [0.4, 0.5) is 5.95 Å². The standard InChI is InChI=1S/C24H15Cl2N5O/c25-19-10-18(11-20(26)12-19)16-8-6-15(7-9-16)14-28-31-24-29-22(17-4-2-1-3-5-17)21(13-27)23(32)30-24/h1-12,14H,(H2,29,30,31,32). The minimum absolute atomic E-state index is 0.0533. The molecular weight excluding hydrogens is 445 g/mol. The van der Waals surface area contributed by atoms with Gasteiger partial charge in [-0.2, -0.15) is 10.4 Å². The van der Waals surface area contributed by atoms with Gasteiger partial charge >= 0.3 is 0 Å². The normalized spacial score (nSPS) is 10.8. The van der Waals surface area contributed by atoms with Gasteiger partial charge in [-0.05, 0) is 34.9 Å². The van der Waals surface area contributed by atoms with E-state index in [9.17, 15) is 10.1 Å². The fraction of sp³-hybridized carbons (Fsp3) is 0. The summed E-state index contributed by atoms with van der Waals surface area (Å²) in [6.45, 7) is 0. The second-order valence-corrected chi connectivity index (χ2v) is 7.64. The van der Waals surface area contributed by atoms with Crippen LogP contribution in [0.1, 0.15) is 11.1 Å². The largest absolute Gasteiger partial charge is 0.290 e.